The number of halogens is 1. The van der Waals surface area contributed by atoms with Crippen molar-refractivity contribution in [1.29, 1.82) is 0 Å². The summed E-state index contributed by atoms with van der Waals surface area (Å²) in [5, 5.41) is 11.5. The first-order chi connectivity index (χ1) is 11.2. The lowest BCUT2D eigenvalue weighted by molar-refractivity contribution is 0.415. The molecule has 3 rings (SSSR count). The summed E-state index contributed by atoms with van der Waals surface area (Å²) in [6.07, 6.45) is 1.74. The van der Waals surface area contributed by atoms with E-state index >= 15 is 0 Å². The summed E-state index contributed by atoms with van der Waals surface area (Å²) in [5.41, 5.74) is 1.85. The minimum atomic E-state index is 0.432. The third kappa shape index (κ3) is 3.57. The molecule has 0 aliphatic rings. The Balaban J connectivity index is 1.96. The SMILES string of the molecule is COc1ccc(-c2n[nH]c(=S)n2N=Cc2cccc(Br)c2)cc1. The topological polar surface area (TPSA) is 55.2 Å². The van der Waals surface area contributed by atoms with Crippen molar-refractivity contribution in [3.8, 4) is 17.1 Å². The van der Waals surface area contributed by atoms with Crippen molar-refractivity contribution in [1.82, 2.24) is 14.9 Å². The Morgan fingerprint density at radius 2 is 2.04 bits per heavy atom. The molecule has 0 saturated heterocycles. The van der Waals surface area contributed by atoms with Gasteiger partial charge in [-0.2, -0.15) is 14.9 Å². The maximum absolute atomic E-state index is 5.26. The number of methoxy groups -OCH3 is 1. The summed E-state index contributed by atoms with van der Waals surface area (Å²) in [5.74, 6) is 1.43. The van der Waals surface area contributed by atoms with Crippen molar-refractivity contribution in [3.63, 3.8) is 0 Å². The Kier molecular flexibility index (Phi) is 4.68. The van der Waals surface area contributed by atoms with E-state index in [2.05, 4.69) is 31.2 Å². The second kappa shape index (κ2) is 6.89. The number of benzene rings is 2. The van der Waals surface area contributed by atoms with Crippen molar-refractivity contribution in [3.05, 3.63) is 63.3 Å². The van der Waals surface area contributed by atoms with Gasteiger partial charge in [0.15, 0.2) is 5.82 Å². The Bertz CT molecular complexity index is 899. The second-order valence-electron chi connectivity index (χ2n) is 4.69. The van der Waals surface area contributed by atoms with Crippen LogP contribution in [0.5, 0.6) is 5.75 Å². The number of nitrogens with zero attached hydrogens (tertiary/aromatic N) is 3. The number of aromatic nitrogens is 3. The van der Waals surface area contributed by atoms with Gasteiger partial charge in [0.25, 0.3) is 0 Å². The van der Waals surface area contributed by atoms with Crippen molar-refractivity contribution in [2.24, 2.45) is 5.10 Å². The van der Waals surface area contributed by atoms with Gasteiger partial charge in [-0.15, -0.1) is 0 Å². The van der Waals surface area contributed by atoms with E-state index in [-0.39, 0.29) is 0 Å². The fraction of sp³-hybridized carbons (Fsp3) is 0.0625. The van der Waals surface area contributed by atoms with Crippen LogP contribution in [0.4, 0.5) is 0 Å². The van der Waals surface area contributed by atoms with Crippen LogP contribution in [-0.2, 0) is 0 Å². The summed E-state index contributed by atoms with van der Waals surface area (Å²) in [6.45, 7) is 0. The van der Waals surface area contributed by atoms with Crippen molar-refractivity contribution in [2.45, 2.75) is 0 Å². The summed E-state index contributed by atoms with van der Waals surface area (Å²) in [4.78, 5) is 0. The lowest BCUT2D eigenvalue weighted by atomic mass is 10.2. The first kappa shape index (κ1) is 15.6. The highest BCUT2D eigenvalue weighted by atomic mass is 79.9. The lowest BCUT2D eigenvalue weighted by Crippen LogP contribution is -1.95. The third-order valence-electron chi connectivity index (χ3n) is 3.17. The third-order valence-corrected chi connectivity index (χ3v) is 3.93. The maximum Gasteiger partial charge on any atom is 0.216 e. The smallest absolute Gasteiger partial charge is 0.216 e. The molecule has 0 aliphatic heterocycles. The molecule has 0 aliphatic carbocycles. The zero-order valence-electron chi connectivity index (χ0n) is 12.2. The molecule has 0 atom stereocenters. The van der Waals surface area contributed by atoms with Crippen LogP contribution in [0.3, 0.4) is 0 Å². The van der Waals surface area contributed by atoms with E-state index in [0.29, 0.717) is 10.6 Å². The van der Waals surface area contributed by atoms with Crippen LogP contribution in [-0.4, -0.2) is 28.2 Å². The highest BCUT2D eigenvalue weighted by molar-refractivity contribution is 9.10. The van der Waals surface area contributed by atoms with Crippen LogP contribution in [0, 0.1) is 4.77 Å². The number of hydrogen-bond acceptors (Lipinski definition) is 4. The number of rotatable bonds is 4. The molecule has 116 valence electrons. The van der Waals surface area contributed by atoms with Gasteiger partial charge in [-0.3, -0.25) is 0 Å². The summed E-state index contributed by atoms with van der Waals surface area (Å²) in [7, 11) is 1.63. The number of ether oxygens (including phenoxy) is 1. The van der Waals surface area contributed by atoms with Gasteiger partial charge in [0.1, 0.15) is 5.75 Å². The summed E-state index contributed by atoms with van der Waals surface area (Å²) in [6, 6.07) is 15.4. The van der Waals surface area contributed by atoms with Gasteiger partial charge in [-0.1, -0.05) is 28.1 Å². The van der Waals surface area contributed by atoms with Crippen molar-refractivity contribution >= 4 is 34.4 Å². The molecular formula is C16H13BrN4OS. The van der Waals surface area contributed by atoms with E-state index in [1.165, 1.54) is 0 Å². The van der Waals surface area contributed by atoms with E-state index in [9.17, 15) is 0 Å². The molecule has 7 heteroatoms. The van der Waals surface area contributed by atoms with Gasteiger partial charge >= 0.3 is 0 Å². The van der Waals surface area contributed by atoms with Gasteiger partial charge in [0.05, 0.1) is 13.3 Å². The molecule has 0 unspecified atom stereocenters. The molecule has 1 aromatic heterocycles. The minimum absolute atomic E-state index is 0.432. The first-order valence-electron chi connectivity index (χ1n) is 6.79. The predicted octanol–water partition coefficient (Wildman–Crippen LogP) is 4.26. The zero-order chi connectivity index (χ0) is 16.2. The molecule has 3 aromatic rings. The number of aromatic amines is 1. The second-order valence-corrected chi connectivity index (χ2v) is 5.99. The Morgan fingerprint density at radius 1 is 1.26 bits per heavy atom. The molecule has 5 nitrogen and oxygen atoms in total. The highest BCUT2D eigenvalue weighted by Gasteiger charge is 2.08. The standard InChI is InChI=1S/C16H13BrN4OS/c1-22-14-7-5-12(6-8-14)15-19-20-16(23)21(15)18-10-11-3-2-4-13(17)9-11/h2-10H,1H3,(H,20,23). The van der Waals surface area contributed by atoms with Gasteiger partial charge in [-0.05, 0) is 54.2 Å². The molecule has 1 heterocycles. The van der Waals surface area contributed by atoms with Crippen LogP contribution >= 0.6 is 28.1 Å². The maximum atomic E-state index is 5.26. The molecule has 0 fully saturated rings. The van der Waals surface area contributed by atoms with E-state index in [1.54, 1.807) is 18.0 Å². The van der Waals surface area contributed by atoms with Crippen LogP contribution in [0.15, 0.2) is 58.1 Å². The van der Waals surface area contributed by atoms with E-state index in [0.717, 1.165) is 21.3 Å². The van der Waals surface area contributed by atoms with Crippen LogP contribution < -0.4 is 4.74 Å². The largest absolute Gasteiger partial charge is 0.497 e. The molecule has 1 N–H and O–H groups in total. The van der Waals surface area contributed by atoms with Crippen LogP contribution in [0.25, 0.3) is 11.4 Å². The predicted molar refractivity (Wildman–Crippen MR) is 96.5 cm³/mol. The van der Waals surface area contributed by atoms with Gasteiger partial charge in [-0.25, -0.2) is 5.10 Å². The molecule has 0 spiro atoms. The highest BCUT2D eigenvalue weighted by Crippen LogP contribution is 2.21. The van der Waals surface area contributed by atoms with Gasteiger partial charge in [0.2, 0.25) is 4.77 Å². The quantitative estimate of drug-likeness (QED) is 0.536. The number of nitrogens with one attached hydrogen (secondary N) is 1. The average molecular weight is 389 g/mol. The Morgan fingerprint density at radius 3 is 2.74 bits per heavy atom. The minimum Gasteiger partial charge on any atom is -0.497 e. The monoisotopic (exact) mass is 388 g/mol. The summed E-state index contributed by atoms with van der Waals surface area (Å²) >= 11 is 8.70. The molecule has 23 heavy (non-hydrogen) atoms. The molecule has 0 amide bonds. The Labute approximate surface area is 146 Å². The summed E-state index contributed by atoms with van der Waals surface area (Å²) < 4.78 is 8.19. The van der Waals surface area contributed by atoms with E-state index < -0.39 is 0 Å². The van der Waals surface area contributed by atoms with Crippen LogP contribution in [0.2, 0.25) is 0 Å². The molecule has 0 bridgehead atoms. The van der Waals surface area contributed by atoms with Crippen LogP contribution in [0.1, 0.15) is 5.56 Å². The van der Waals surface area contributed by atoms with E-state index in [1.807, 2.05) is 48.5 Å². The molecule has 2 aromatic carbocycles. The van der Waals surface area contributed by atoms with Gasteiger partial charge in [0, 0.05) is 10.0 Å². The molecule has 0 radical (unpaired) electrons. The van der Waals surface area contributed by atoms with Crippen molar-refractivity contribution in [2.75, 3.05) is 7.11 Å². The molecule has 0 saturated carbocycles. The fourth-order valence-electron chi connectivity index (χ4n) is 2.04. The zero-order valence-corrected chi connectivity index (χ0v) is 14.6. The number of hydrogen-bond donors (Lipinski definition) is 1. The number of H-pyrrole nitrogens is 1. The average Bonchev–Trinajstić information content (AvgIpc) is 2.94. The molecular weight excluding hydrogens is 376 g/mol. The Hall–Kier alpha value is -2.25. The first-order valence-corrected chi connectivity index (χ1v) is 7.99. The van der Waals surface area contributed by atoms with Gasteiger partial charge < -0.3 is 4.74 Å². The van der Waals surface area contributed by atoms with Crippen molar-refractivity contribution < 1.29 is 4.74 Å². The lowest BCUT2D eigenvalue weighted by Gasteiger charge is -2.03. The normalized spacial score (nSPS) is 11.0. The fourth-order valence-corrected chi connectivity index (χ4v) is 2.63. The van der Waals surface area contributed by atoms with E-state index in [4.69, 9.17) is 17.0 Å².